The summed E-state index contributed by atoms with van der Waals surface area (Å²) in [5.41, 5.74) is 1.17. The van der Waals surface area contributed by atoms with E-state index in [2.05, 4.69) is 19.2 Å². The summed E-state index contributed by atoms with van der Waals surface area (Å²) in [6.45, 7) is 5.54. The first kappa shape index (κ1) is 12.5. The maximum absolute atomic E-state index is 12.1. The minimum Gasteiger partial charge on any atom is -0.289 e. The van der Waals surface area contributed by atoms with E-state index >= 15 is 0 Å². The summed E-state index contributed by atoms with van der Waals surface area (Å²) in [4.78, 5) is 12.8. The van der Waals surface area contributed by atoms with Crippen molar-refractivity contribution in [1.29, 1.82) is 0 Å². The molecule has 0 unspecified atom stereocenters. The molecule has 0 fully saturated rings. The van der Waals surface area contributed by atoms with Crippen LogP contribution in [0.3, 0.4) is 0 Å². The highest BCUT2D eigenvalue weighted by atomic mass is 32.1. The third kappa shape index (κ3) is 2.97. The van der Waals surface area contributed by atoms with Crippen molar-refractivity contribution in [3.05, 3.63) is 66.3 Å². The second kappa shape index (κ2) is 6.13. The van der Waals surface area contributed by atoms with Gasteiger partial charge in [-0.05, 0) is 19.1 Å². The lowest BCUT2D eigenvalue weighted by molar-refractivity contribution is 0.103. The highest BCUT2D eigenvalue weighted by Crippen LogP contribution is 2.17. The monoisotopic (exact) mass is 230 g/mol. The summed E-state index contributed by atoms with van der Waals surface area (Å²) < 4.78 is 0. The first-order chi connectivity index (χ1) is 7.70. The largest absolute Gasteiger partial charge is 0.289 e. The Morgan fingerprint density at radius 2 is 2.06 bits per heavy atom. The van der Waals surface area contributed by atoms with E-state index in [1.165, 1.54) is 0 Å². The van der Waals surface area contributed by atoms with Gasteiger partial charge in [0.1, 0.15) is 0 Å². The zero-order valence-corrected chi connectivity index (χ0v) is 10.1. The first-order valence-corrected chi connectivity index (χ1v) is 5.43. The van der Waals surface area contributed by atoms with Crippen LogP contribution in [0.1, 0.15) is 17.3 Å². The van der Waals surface area contributed by atoms with Gasteiger partial charge in [-0.2, -0.15) is 0 Å². The Bertz CT molecular complexity index is 456. The number of hydrogen-bond acceptors (Lipinski definition) is 2. The van der Waals surface area contributed by atoms with Gasteiger partial charge in [0.2, 0.25) is 0 Å². The van der Waals surface area contributed by atoms with Gasteiger partial charge in [0.15, 0.2) is 5.78 Å². The van der Waals surface area contributed by atoms with Crippen molar-refractivity contribution in [2.75, 3.05) is 0 Å². The molecule has 1 aromatic carbocycles. The lowest BCUT2D eigenvalue weighted by Gasteiger charge is -2.03. The van der Waals surface area contributed by atoms with E-state index in [0.717, 1.165) is 0 Å². The van der Waals surface area contributed by atoms with Crippen molar-refractivity contribution < 1.29 is 4.79 Å². The van der Waals surface area contributed by atoms with Crippen LogP contribution in [0.5, 0.6) is 0 Å². The average molecular weight is 230 g/mol. The molecule has 0 aliphatic carbocycles. The Morgan fingerprint density at radius 3 is 2.62 bits per heavy atom. The Labute approximate surface area is 102 Å². The molecule has 1 aromatic rings. The van der Waals surface area contributed by atoms with E-state index < -0.39 is 0 Å². The van der Waals surface area contributed by atoms with E-state index in [1.54, 1.807) is 24.3 Å². The quantitative estimate of drug-likeness (QED) is 0.360. The number of rotatable bonds is 4. The second-order valence-electron chi connectivity index (χ2n) is 3.20. The topological polar surface area (TPSA) is 17.1 Å². The number of benzene rings is 1. The third-order valence-corrected chi connectivity index (χ3v) is 2.49. The van der Waals surface area contributed by atoms with Crippen LogP contribution in [0.25, 0.3) is 0 Å². The number of hydrogen-bond donors (Lipinski definition) is 1. The molecule has 0 saturated heterocycles. The Kier molecular flexibility index (Phi) is 4.80. The fourth-order valence-electron chi connectivity index (χ4n) is 1.26. The molecule has 0 saturated carbocycles. The molecule has 0 N–H and O–H groups in total. The Hall–Kier alpha value is -1.54. The van der Waals surface area contributed by atoms with E-state index in [0.29, 0.717) is 16.0 Å². The van der Waals surface area contributed by atoms with Crippen LogP contribution < -0.4 is 0 Å². The van der Waals surface area contributed by atoms with Crippen LogP contribution in [0, 0.1) is 0 Å². The standard InChI is InChI=1S/C14H14OS/c1-3-5-8-11(4-2)14(15)12-9-6-7-10-13(12)16/h3-10,16H,2H2,1H3/b5-3-,11-8+. The number of allylic oxidation sites excluding steroid dienone is 5. The molecule has 0 bridgehead atoms. The maximum Gasteiger partial charge on any atom is 0.194 e. The van der Waals surface area contributed by atoms with Gasteiger partial charge in [-0.1, -0.05) is 43.0 Å². The lowest BCUT2D eigenvalue weighted by atomic mass is 10.0. The molecule has 0 radical (unpaired) electrons. The van der Waals surface area contributed by atoms with Gasteiger partial charge >= 0.3 is 0 Å². The van der Waals surface area contributed by atoms with Crippen LogP contribution in [-0.2, 0) is 0 Å². The summed E-state index contributed by atoms with van der Waals surface area (Å²) in [6.07, 6.45) is 6.98. The Morgan fingerprint density at radius 1 is 1.38 bits per heavy atom. The van der Waals surface area contributed by atoms with Crippen molar-refractivity contribution in [1.82, 2.24) is 0 Å². The van der Waals surface area contributed by atoms with Gasteiger partial charge in [-0.3, -0.25) is 4.79 Å². The molecule has 1 nitrogen and oxygen atoms in total. The second-order valence-corrected chi connectivity index (χ2v) is 3.68. The first-order valence-electron chi connectivity index (χ1n) is 4.98. The molecular formula is C14H14OS. The summed E-state index contributed by atoms with van der Waals surface area (Å²) in [5.74, 6) is -0.0568. The Balaban J connectivity index is 3.10. The highest BCUT2D eigenvalue weighted by molar-refractivity contribution is 7.80. The van der Waals surface area contributed by atoms with Crippen LogP contribution >= 0.6 is 12.6 Å². The minimum atomic E-state index is -0.0568. The summed E-state index contributed by atoms with van der Waals surface area (Å²) in [6, 6.07) is 7.23. The predicted molar refractivity (Wildman–Crippen MR) is 71.1 cm³/mol. The normalized spacial score (nSPS) is 11.8. The number of thiol groups is 1. The molecule has 16 heavy (non-hydrogen) atoms. The molecule has 0 heterocycles. The van der Waals surface area contributed by atoms with Gasteiger partial charge in [-0.25, -0.2) is 0 Å². The SMILES string of the molecule is C=C/C(=C\C=C/C)C(=O)c1ccccc1S. The van der Waals surface area contributed by atoms with Crippen molar-refractivity contribution in [2.45, 2.75) is 11.8 Å². The van der Waals surface area contributed by atoms with Gasteiger partial charge in [0.25, 0.3) is 0 Å². The fourth-order valence-corrected chi connectivity index (χ4v) is 1.52. The number of carbonyl (C=O) groups is 1. The maximum atomic E-state index is 12.1. The molecule has 0 amide bonds. The molecule has 1 rings (SSSR count). The van der Waals surface area contributed by atoms with E-state index in [9.17, 15) is 4.79 Å². The van der Waals surface area contributed by atoms with Crippen LogP contribution in [0.15, 0.2) is 65.6 Å². The van der Waals surface area contributed by atoms with Crippen molar-refractivity contribution in [2.24, 2.45) is 0 Å². The van der Waals surface area contributed by atoms with Gasteiger partial charge in [-0.15, -0.1) is 12.6 Å². The molecule has 0 aromatic heterocycles. The number of Topliss-reactive ketones (excluding diaryl/α,β-unsaturated/α-hetero) is 1. The average Bonchev–Trinajstić information content (AvgIpc) is 2.30. The minimum absolute atomic E-state index is 0.0568. The van der Waals surface area contributed by atoms with E-state index in [-0.39, 0.29) is 5.78 Å². The number of ketones is 1. The lowest BCUT2D eigenvalue weighted by Crippen LogP contribution is -2.02. The van der Waals surface area contributed by atoms with Crippen molar-refractivity contribution in [3.63, 3.8) is 0 Å². The van der Waals surface area contributed by atoms with Gasteiger partial charge in [0, 0.05) is 16.0 Å². The highest BCUT2D eigenvalue weighted by Gasteiger charge is 2.10. The van der Waals surface area contributed by atoms with Gasteiger partial charge in [0.05, 0.1) is 0 Å². The van der Waals surface area contributed by atoms with Crippen LogP contribution in [-0.4, -0.2) is 5.78 Å². The predicted octanol–water partition coefficient (Wildman–Crippen LogP) is 3.85. The molecule has 82 valence electrons. The molecule has 2 heteroatoms. The molecule has 0 spiro atoms. The van der Waals surface area contributed by atoms with Crippen molar-refractivity contribution in [3.8, 4) is 0 Å². The summed E-state index contributed by atoms with van der Waals surface area (Å²) >= 11 is 4.26. The smallest absolute Gasteiger partial charge is 0.194 e. The van der Waals surface area contributed by atoms with Gasteiger partial charge < -0.3 is 0 Å². The molecule has 0 aliphatic heterocycles. The van der Waals surface area contributed by atoms with E-state index in [1.807, 2.05) is 31.2 Å². The number of carbonyl (C=O) groups excluding carboxylic acids is 1. The zero-order valence-electron chi connectivity index (χ0n) is 9.18. The zero-order chi connectivity index (χ0) is 12.0. The third-order valence-electron chi connectivity index (χ3n) is 2.10. The summed E-state index contributed by atoms with van der Waals surface area (Å²) in [7, 11) is 0. The van der Waals surface area contributed by atoms with Crippen molar-refractivity contribution >= 4 is 18.4 Å². The van der Waals surface area contributed by atoms with Crippen LogP contribution in [0.4, 0.5) is 0 Å². The molecule has 0 atom stereocenters. The summed E-state index contributed by atoms with van der Waals surface area (Å²) in [5, 5.41) is 0. The molecular weight excluding hydrogens is 216 g/mol. The molecule has 0 aliphatic rings. The van der Waals surface area contributed by atoms with E-state index in [4.69, 9.17) is 0 Å². The van der Waals surface area contributed by atoms with Crippen LogP contribution in [0.2, 0.25) is 0 Å². The fraction of sp³-hybridized carbons (Fsp3) is 0.0714.